The first kappa shape index (κ1) is 27.2. The summed E-state index contributed by atoms with van der Waals surface area (Å²) >= 11 is 6.03. The van der Waals surface area contributed by atoms with E-state index in [4.69, 9.17) is 25.8 Å². The molecule has 0 bridgehead atoms. The van der Waals surface area contributed by atoms with Crippen LogP contribution in [-0.4, -0.2) is 37.7 Å². The largest absolute Gasteiger partial charge is 0.494 e. The summed E-state index contributed by atoms with van der Waals surface area (Å²) < 4.78 is 16.3. The van der Waals surface area contributed by atoms with Crippen molar-refractivity contribution in [3.63, 3.8) is 0 Å². The van der Waals surface area contributed by atoms with Crippen LogP contribution in [0.1, 0.15) is 34.8 Å². The van der Waals surface area contributed by atoms with E-state index in [-0.39, 0.29) is 11.5 Å². The lowest BCUT2D eigenvalue weighted by molar-refractivity contribution is -0.136. The number of esters is 1. The Labute approximate surface area is 219 Å². The number of benzene rings is 3. The van der Waals surface area contributed by atoms with Gasteiger partial charge in [-0.1, -0.05) is 24.6 Å². The second-order valence-corrected chi connectivity index (χ2v) is 8.15. The summed E-state index contributed by atoms with van der Waals surface area (Å²) in [5, 5.41) is 6.75. The highest BCUT2D eigenvalue weighted by atomic mass is 35.5. The van der Waals surface area contributed by atoms with Crippen molar-refractivity contribution in [2.45, 2.75) is 20.3 Å². The number of hydrogen-bond donors (Lipinski definition) is 2. The SMILES string of the molecule is CCCOc1ccc(C(=O)Oc2ccc(/C=N\NC(=O)C(=O)Nc3cccc(Cl)c3C)cc2OC)cc1. The molecule has 0 aliphatic carbocycles. The molecule has 0 unspecified atom stereocenters. The smallest absolute Gasteiger partial charge is 0.343 e. The first-order valence-electron chi connectivity index (χ1n) is 11.3. The van der Waals surface area contributed by atoms with Gasteiger partial charge >= 0.3 is 17.8 Å². The zero-order chi connectivity index (χ0) is 26.8. The average Bonchev–Trinajstić information content (AvgIpc) is 2.90. The molecule has 10 heteroatoms. The number of ether oxygens (including phenoxy) is 3. The highest BCUT2D eigenvalue weighted by molar-refractivity contribution is 6.40. The second kappa shape index (κ2) is 13.1. The summed E-state index contributed by atoms with van der Waals surface area (Å²) in [7, 11) is 1.43. The van der Waals surface area contributed by atoms with Crippen molar-refractivity contribution in [2.75, 3.05) is 19.0 Å². The molecular formula is C27H26ClN3O6. The minimum absolute atomic E-state index is 0.205. The lowest BCUT2D eigenvalue weighted by Gasteiger charge is -2.10. The van der Waals surface area contributed by atoms with Gasteiger partial charge < -0.3 is 19.5 Å². The van der Waals surface area contributed by atoms with Gasteiger partial charge in [-0.15, -0.1) is 0 Å². The fourth-order valence-corrected chi connectivity index (χ4v) is 3.23. The number of hydrazone groups is 1. The van der Waals surface area contributed by atoms with Crippen molar-refractivity contribution in [1.82, 2.24) is 5.43 Å². The monoisotopic (exact) mass is 523 g/mol. The molecular weight excluding hydrogens is 498 g/mol. The molecule has 3 rings (SSSR count). The lowest BCUT2D eigenvalue weighted by Crippen LogP contribution is -2.32. The summed E-state index contributed by atoms with van der Waals surface area (Å²) in [4.78, 5) is 36.7. The first-order valence-corrected chi connectivity index (χ1v) is 11.7. The zero-order valence-electron chi connectivity index (χ0n) is 20.5. The molecule has 2 amide bonds. The van der Waals surface area contributed by atoms with Crippen molar-refractivity contribution in [3.05, 3.63) is 82.4 Å². The molecule has 0 fully saturated rings. The highest BCUT2D eigenvalue weighted by Gasteiger charge is 2.15. The van der Waals surface area contributed by atoms with E-state index in [1.807, 2.05) is 6.92 Å². The Balaban J connectivity index is 1.59. The van der Waals surface area contributed by atoms with Gasteiger partial charge in [0, 0.05) is 10.7 Å². The summed E-state index contributed by atoms with van der Waals surface area (Å²) in [6.07, 6.45) is 2.20. The molecule has 0 aliphatic rings. The van der Waals surface area contributed by atoms with Crippen molar-refractivity contribution in [3.8, 4) is 17.2 Å². The topological polar surface area (TPSA) is 115 Å². The third-order valence-electron chi connectivity index (χ3n) is 5.06. The van der Waals surface area contributed by atoms with Crippen LogP contribution in [0.5, 0.6) is 17.2 Å². The molecule has 0 radical (unpaired) electrons. The van der Waals surface area contributed by atoms with Gasteiger partial charge in [-0.3, -0.25) is 9.59 Å². The van der Waals surface area contributed by atoms with E-state index < -0.39 is 17.8 Å². The van der Waals surface area contributed by atoms with E-state index in [1.165, 1.54) is 19.4 Å². The van der Waals surface area contributed by atoms with Gasteiger partial charge in [0.05, 0.1) is 25.5 Å². The summed E-state index contributed by atoms with van der Waals surface area (Å²) in [5.41, 5.74) is 4.10. The van der Waals surface area contributed by atoms with E-state index in [0.717, 1.165) is 6.42 Å². The first-order chi connectivity index (χ1) is 17.8. The van der Waals surface area contributed by atoms with Gasteiger partial charge in [0.25, 0.3) is 0 Å². The van der Waals surface area contributed by atoms with Crippen LogP contribution < -0.4 is 25.0 Å². The van der Waals surface area contributed by atoms with E-state index >= 15 is 0 Å². The minimum atomic E-state index is -0.959. The van der Waals surface area contributed by atoms with Gasteiger partial charge in [0.1, 0.15) is 5.75 Å². The Morgan fingerprint density at radius 2 is 1.76 bits per heavy atom. The molecule has 0 heterocycles. The quantitative estimate of drug-likeness (QED) is 0.137. The molecule has 37 heavy (non-hydrogen) atoms. The maximum atomic E-state index is 12.5. The predicted molar refractivity (Wildman–Crippen MR) is 141 cm³/mol. The van der Waals surface area contributed by atoms with Gasteiger partial charge in [-0.05, 0) is 79.1 Å². The van der Waals surface area contributed by atoms with Gasteiger partial charge in [0.2, 0.25) is 0 Å². The van der Waals surface area contributed by atoms with Crippen molar-refractivity contribution >= 4 is 41.3 Å². The average molecular weight is 524 g/mol. The lowest BCUT2D eigenvalue weighted by atomic mass is 10.2. The van der Waals surface area contributed by atoms with Crippen LogP contribution in [0.25, 0.3) is 0 Å². The zero-order valence-corrected chi connectivity index (χ0v) is 21.3. The number of hydrogen-bond acceptors (Lipinski definition) is 7. The van der Waals surface area contributed by atoms with Gasteiger partial charge in [-0.25, -0.2) is 10.2 Å². The van der Waals surface area contributed by atoms with Crippen molar-refractivity contribution in [1.29, 1.82) is 0 Å². The van der Waals surface area contributed by atoms with E-state index in [2.05, 4.69) is 15.8 Å². The maximum absolute atomic E-state index is 12.5. The highest BCUT2D eigenvalue weighted by Crippen LogP contribution is 2.28. The standard InChI is InChI=1S/C27H26ClN3O6/c1-4-14-36-20-11-9-19(10-12-20)27(34)37-23-13-8-18(15-24(23)35-3)16-29-31-26(33)25(32)30-22-7-5-6-21(28)17(22)2/h5-13,15-16H,4,14H2,1-3H3,(H,30,32)(H,31,33)/b29-16-. The number of amides is 2. The van der Waals surface area contributed by atoms with Crippen molar-refractivity contribution < 1.29 is 28.6 Å². The third-order valence-corrected chi connectivity index (χ3v) is 5.46. The Morgan fingerprint density at radius 1 is 1.00 bits per heavy atom. The number of carbonyl (C=O) groups is 3. The molecule has 0 saturated heterocycles. The normalized spacial score (nSPS) is 10.6. The molecule has 192 valence electrons. The number of methoxy groups -OCH3 is 1. The Morgan fingerprint density at radius 3 is 2.46 bits per heavy atom. The number of nitrogens with one attached hydrogen (secondary N) is 2. The van der Waals surface area contributed by atoms with Gasteiger partial charge in [0.15, 0.2) is 11.5 Å². The Bertz CT molecular complexity index is 1310. The van der Waals surface area contributed by atoms with E-state index in [9.17, 15) is 14.4 Å². The maximum Gasteiger partial charge on any atom is 0.343 e. The van der Waals surface area contributed by atoms with E-state index in [0.29, 0.717) is 39.8 Å². The third kappa shape index (κ3) is 7.55. The van der Waals surface area contributed by atoms with Crippen LogP contribution >= 0.6 is 11.6 Å². The summed E-state index contributed by atoms with van der Waals surface area (Å²) in [6, 6.07) is 16.3. The molecule has 3 aromatic rings. The molecule has 9 nitrogen and oxygen atoms in total. The van der Waals surface area contributed by atoms with Crippen LogP contribution in [0.15, 0.2) is 65.8 Å². The van der Waals surface area contributed by atoms with Crippen LogP contribution in [0.3, 0.4) is 0 Å². The molecule has 0 aliphatic heterocycles. The number of halogens is 1. The molecule has 0 spiro atoms. The van der Waals surface area contributed by atoms with Crippen LogP contribution in [-0.2, 0) is 9.59 Å². The second-order valence-electron chi connectivity index (χ2n) is 7.74. The van der Waals surface area contributed by atoms with Gasteiger partial charge in [-0.2, -0.15) is 5.10 Å². The Hall–Kier alpha value is -4.37. The molecule has 0 saturated carbocycles. The number of rotatable bonds is 9. The fraction of sp³-hybridized carbons (Fsp3) is 0.185. The number of carbonyl (C=O) groups excluding carboxylic acids is 3. The summed E-state index contributed by atoms with van der Waals surface area (Å²) in [6.45, 7) is 4.33. The minimum Gasteiger partial charge on any atom is -0.494 e. The fourth-order valence-electron chi connectivity index (χ4n) is 3.05. The van der Waals surface area contributed by atoms with Crippen molar-refractivity contribution in [2.24, 2.45) is 5.10 Å². The predicted octanol–water partition coefficient (Wildman–Crippen LogP) is 4.75. The van der Waals surface area contributed by atoms with Crippen LogP contribution in [0, 0.1) is 6.92 Å². The van der Waals surface area contributed by atoms with Crippen LogP contribution in [0.4, 0.5) is 5.69 Å². The number of nitrogens with zero attached hydrogens (tertiary/aromatic N) is 1. The molecule has 0 atom stereocenters. The van der Waals surface area contributed by atoms with E-state index in [1.54, 1.807) is 61.5 Å². The summed E-state index contributed by atoms with van der Waals surface area (Å²) in [5.74, 6) is -1.26. The van der Waals surface area contributed by atoms with Crippen LogP contribution in [0.2, 0.25) is 5.02 Å². The Kier molecular flexibility index (Phi) is 9.62. The molecule has 3 aromatic carbocycles. The molecule has 0 aromatic heterocycles. The molecule has 2 N–H and O–H groups in total. The number of anilines is 1.